The van der Waals surface area contributed by atoms with Crippen LogP contribution < -0.4 is 27.0 Å². The van der Waals surface area contributed by atoms with Gasteiger partial charge in [-0.05, 0) is 39.0 Å². The molecule has 1 heterocycles. The van der Waals surface area contributed by atoms with Crippen LogP contribution in [0.3, 0.4) is 0 Å². The molecule has 16 heteroatoms. The second-order valence-electron chi connectivity index (χ2n) is 10.2. The van der Waals surface area contributed by atoms with Gasteiger partial charge in [0.25, 0.3) is 0 Å². The molecule has 0 aromatic heterocycles. The first kappa shape index (κ1) is 34.7. The van der Waals surface area contributed by atoms with E-state index < -0.39 is 91.1 Å². The summed E-state index contributed by atoms with van der Waals surface area (Å²) in [6.45, 7) is 4.69. The van der Waals surface area contributed by atoms with E-state index in [2.05, 4.69) is 16.0 Å². The molecule has 7 atom stereocenters. The summed E-state index contributed by atoms with van der Waals surface area (Å²) >= 11 is 0. The van der Waals surface area contributed by atoms with Gasteiger partial charge in [0.2, 0.25) is 29.5 Å². The summed E-state index contributed by atoms with van der Waals surface area (Å²) in [6.07, 6.45) is -0.643. The average molecular weight is 575 g/mol. The van der Waals surface area contributed by atoms with Crippen molar-refractivity contribution in [2.45, 2.75) is 89.3 Å². The number of nitrogens with two attached hydrogens (primary N) is 1. The molecule has 1 saturated heterocycles. The molecule has 1 fully saturated rings. The summed E-state index contributed by atoms with van der Waals surface area (Å²) in [4.78, 5) is 76.2. The number of likely N-dealkylation sites (tertiary alicyclic amines) is 1. The van der Waals surface area contributed by atoms with E-state index in [1.807, 2.05) is 5.32 Å². The fourth-order valence-electron chi connectivity index (χ4n) is 4.07. The molecule has 0 bridgehead atoms. The molecule has 10 N–H and O–H groups in total. The summed E-state index contributed by atoms with van der Waals surface area (Å²) in [7, 11) is 0. The highest BCUT2D eigenvalue weighted by molar-refractivity contribution is 5.96. The number of carbonyl (C=O) groups excluding carboxylic acids is 5. The second-order valence-corrected chi connectivity index (χ2v) is 10.2. The van der Waals surface area contributed by atoms with Gasteiger partial charge < -0.3 is 52.3 Å². The topological polar surface area (TPSA) is 261 Å². The van der Waals surface area contributed by atoms with Crippen LogP contribution in [0.25, 0.3) is 0 Å². The smallest absolute Gasteiger partial charge is 0.328 e. The highest BCUT2D eigenvalue weighted by atomic mass is 16.4. The predicted molar refractivity (Wildman–Crippen MR) is 139 cm³/mol. The fraction of sp³-hybridized carbons (Fsp3) is 0.750. The molecule has 228 valence electrons. The van der Waals surface area contributed by atoms with Crippen molar-refractivity contribution in [1.29, 1.82) is 0 Å². The van der Waals surface area contributed by atoms with E-state index in [1.54, 1.807) is 13.8 Å². The molecule has 1 aliphatic heterocycles. The van der Waals surface area contributed by atoms with E-state index >= 15 is 0 Å². The van der Waals surface area contributed by atoms with Crippen LogP contribution in [-0.4, -0.2) is 123 Å². The van der Waals surface area contributed by atoms with Gasteiger partial charge in [-0.1, -0.05) is 13.8 Å². The van der Waals surface area contributed by atoms with Gasteiger partial charge in [-0.25, -0.2) is 4.79 Å². The number of aliphatic hydroxyl groups is 3. The summed E-state index contributed by atoms with van der Waals surface area (Å²) in [5.41, 5.74) is 5.51. The third-order valence-corrected chi connectivity index (χ3v) is 6.25. The molecule has 0 saturated carbocycles. The maximum Gasteiger partial charge on any atom is 0.328 e. The van der Waals surface area contributed by atoms with Crippen LogP contribution in [0.1, 0.15) is 47.0 Å². The number of nitrogens with one attached hydrogen (secondary N) is 4. The van der Waals surface area contributed by atoms with Crippen molar-refractivity contribution >= 4 is 35.5 Å². The standard InChI is InChI=1S/C24H42N6O10/c1-11(2)8-14(20(35)29-18(13(4)33)22(37)28-16(10-32)24(39)40)26-21(36)17-6-5-7-30(17)23(38)15(9-31)27-19(34)12(3)25/h11-18,31-33H,5-10,25H2,1-4H3,(H,26,36)(H,27,34)(H,28,37)(H,29,35)(H,39,40)/t12-,13+,14-,15-,16-,17-,18-/m0/s1. The van der Waals surface area contributed by atoms with Crippen molar-refractivity contribution in [3.63, 3.8) is 0 Å². The van der Waals surface area contributed by atoms with Crippen LogP contribution in [-0.2, 0) is 28.8 Å². The Hall–Kier alpha value is -3.34. The molecule has 0 aliphatic carbocycles. The van der Waals surface area contributed by atoms with Gasteiger partial charge in [-0.3, -0.25) is 24.0 Å². The zero-order valence-electron chi connectivity index (χ0n) is 23.1. The molecule has 16 nitrogen and oxygen atoms in total. The third kappa shape index (κ3) is 10.0. The predicted octanol–water partition coefficient (Wildman–Crippen LogP) is -4.24. The van der Waals surface area contributed by atoms with Crippen LogP contribution >= 0.6 is 0 Å². The normalized spacial score (nSPS) is 19.5. The minimum absolute atomic E-state index is 0.116. The first-order valence-corrected chi connectivity index (χ1v) is 13.0. The highest BCUT2D eigenvalue weighted by Gasteiger charge is 2.39. The molecule has 0 spiro atoms. The average Bonchev–Trinajstić information content (AvgIpc) is 3.37. The maximum absolute atomic E-state index is 13.2. The number of nitrogens with zero attached hydrogens (tertiary/aromatic N) is 1. The third-order valence-electron chi connectivity index (χ3n) is 6.25. The fourth-order valence-corrected chi connectivity index (χ4v) is 4.07. The van der Waals surface area contributed by atoms with Crippen molar-refractivity contribution in [1.82, 2.24) is 26.2 Å². The van der Waals surface area contributed by atoms with E-state index in [4.69, 9.17) is 15.9 Å². The van der Waals surface area contributed by atoms with E-state index in [0.717, 1.165) is 0 Å². The number of rotatable bonds is 15. The Labute approximate surface area is 232 Å². The molecule has 40 heavy (non-hydrogen) atoms. The maximum atomic E-state index is 13.2. The Balaban J connectivity index is 3.05. The van der Waals surface area contributed by atoms with Gasteiger partial charge in [-0.2, -0.15) is 0 Å². The molecular formula is C24H42N6O10. The Kier molecular flexibility index (Phi) is 13.9. The summed E-state index contributed by atoms with van der Waals surface area (Å²) in [5.74, 6) is -5.57. The summed E-state index contributed by atoms with van der Waals surface area (Å²) < 4.78 is 0. The number of carboxylic acid groups (broad SMARTS) is 1. The number of hydrogen-bond acceptors (Lipinski definition) is 10. The van der Waals surface area contributed by atoms with Crippen LogP contribution in [0.5, 0.6) is 0 Å². The summed E-state index contributed by atoms with van der Waals surface area (Å²) in [5, 5.41) is 47.2. The molecule has 0 aromatic carbocycles. The zero-order chi connectivity index (χ0) is 30.7. The van der Waals surface area contributed by atoms with Crippen LogP contribution in [0, 0.1) is 5.92 Å². The molecule has 5 amide bonds. The van der Waals surface area contributed by atoms with Crippen molar-refractivity contribution in [2.75, 3.05) is 19.8 Å². The van der Waals surface area contributed by atoms with E-state index in [1.165, 1.54) is 18.7 Å². The molecular weight excluding hydrogens is 532 g/mol. The van der Waals surface area contributed by atoms with Crippen LogP contribution in [0.4, 0.5) is 0 Å². The minimum atomic E-state index is -1.66. The minimum Gasteiger partial charge on any atom is -0.480 e. The van der Waals surface area contributed by atoms with Crippen LogP contribution in [0.2, 0.25) is 0 Å². The summed E-state index contributed by atoms with van der Waals surface area (Å²) in [6, 6.07) is -7.72. The lowest BCUT2D eigenvalue weighted by Crippen LogP contribution is -2.61. The van der Waals surface area contributed by atoms with E-state index in [0.29, 0.717) is 6.42 Å². The number of aliphatic carboxylic acids is 1. The van der Waals surface area contributed by atoms with E-state index in [9.17, 15) is 39.0 Å². The lowest BCUT2D eigenvalue weighted by molar-refractivity contribution is -0.144. The quantitative estimate of drug-likeness (QED) is 0.0904. The van der Waals surface area contributed by atoms with Crippen molar-refractivity contribution in [2.24, 2.45) is 11.7 Å². The van der Waals surface area contributed by atoms with Gasteiger partial charge in [0, 0.05) is 6.54 Å². The lowest BCUT2D eigenvalue weighted by Gasteiger charge is -2.30. The number of carboxylic acids is 1. The second kappa shape index (κ2) is 16.1. The number of aliphatic hydroxyl groups excluding tert-OH is 3. The first-order chi connectivity index (χ1) is 18.6. The molecule has 0 radical (unpaired) electrons. The van der Waals surface area contributed by atoms with Gasteiger partial charge in [-0.15, -0.1) is 0 Å². The largest absolute Gasteiger partial charge is 0.480 e. The Bertz CT molecular complexity index is 928. The highest BCUT2D eigenvalue weighted by Crippen LogP contribution is 2.19. The van der Waals surface area contributed by atoms with Gasteiger partial charge in [0.05, 0.1) is 25.4 Å². The van der Waals surface area contributed by atoms with Gasteiger partial charge in [0.15, 0.2) is 0 Å². The SMILES string of the molecule is CC(C)C[C@H](NC(=O)[C@@H]1CCCN1C(=O)[C@H](CO)NC(=O)[C@H](C)N)C(=O)N[C@H](C(=O)N[C@@H](CO)C(=O)O)[C@@H](C)O. The Morgan fingerprint density at radius 3 is 1.90 bits per heavy atom. The van der Waals surface area contributed by atoms with Gasteiger partial charge >= 0.3 is 5.97 Å². The Morgan fingerprint density at radius 2 is 1.43 bits per heavy atom. The number of amides is 5. The monoisotopic (exact) mass is 574 g/mol. The van der Waals surface area contributed by atoms with E-state index in [-0.39, 0.29) is 25.3 Å². The lowest BCUT2D eigenvalue weighted by atomic mass is 10.0. The van der Waals surface area contributed by atoms with Crippen LogP contribution in [0.15, 0.2) is 0 Å². The van der Waals surface area contributed by atoms with Crippen molar-refractivity contribution < 1.29 is 49.2 Å². The molecule has 1 rings (SSSR count). The molecule has 0 aromatic rings. The van der Waals surface area contributed by atoms with Crippen molar-refractivity contribution in [3.8, 4) is 0 Å². The van der Waals surface area contributed by atoms with Crippen molar-refractivity contribution in [3.05, 3.63) is 0 Å². The van der Waals surface area contributed by atoms with Gasteiger partial charge in [0.1, 0.15) is 30.2 Å². The molecule has 1 aliphatic rings. The molecule has 0 unspecified atom stereocenters. The Morgan fingerprint density at radius 1 is 0.850 bits per heavy atom. The first-order valence-electron chi connectivity index (χ1n) is 13.0. The zero-order valence-corrected chi connectivity index (χ0v) is 23.1. The number of hydrogen-bond donors (Lipinski definition) is 9. The number of carbonyl (C=O) groups is 6.